The van der Waals surface area contributed by atoms with Crippen LogP contribution in [-0.2, 0) is 16.8 Å². The zero-order chi connectivity index (χ0) is 22.8. The number of aryl methyl sites for hydroxylation is 2. The largest absolute Gasteiger partial charge is 0.310 e. The van der Waals surface area contributed by atoms with E-state index in [9.17, 15) is 13.6 Å². The second-order valence-corrected chi connectivity index (χ2v) is 8.46. The van der Waals surface area contributed by atoms with Gasteiger partial charge in [0.25, 0.3) is 0 Å². The van der Waals surface area contributed by atoms with Gasteiger partial charge in [-0.1, -0.05) is 18.2 Å². The Labute approximate surface area is 182 Å². The molecule has 3 aromatic heterocycles. The number of pyridine rings is 1. The van der Waals surface area contributed by atoms with Gasteiger partial charge in [-0.05, 0) is 39.8 Å². The maximum absolute atomic E-state index is 14.4. The number of carbonyl (C=O) groups excluding carboxylic acids is 1. The number of aromatic nitrogens is 5. The van der Waals surface area contributed by atoms with Crippen molar-refractivity contribution in [2.75, 3.05) is 5.32 Å². The van der Waals surface area contributed by atoms with Gasteiger partial charge in [-0.15, -0.1) is 0 Å². The Hall–Kier alpha value is -3.75. The molecule has 0 bridgehead atoms. The van der Waals surface area contributed by atoms with Crippen LogP contribution in [0.25, 0.3) is 22.6 Å². The van der Waals surface area contributed by atoms with Crippen molar-refractivity contribution >= 4 is 22.8 Å². The third kappa shape index (κ3) is 2.96. The third-order valence-electron chi connectivity index (χ3n) is 5.86. The molecule has 0 radical (unpaired) electrons. The zero-order valence-electron chi connectivity index (χ0n) is 18.0. The van der Waals surface area contributed by atoms with Crippen LogP contribution in [0.15, 0.2) is 30.3 Å². The highest BCUT2D eigenvalue weighted by Crippen LogP contribution is 2.39. The van der Waals surface area contributed by atoms with E-state index in [1.807, 2.05) is 13.8 Å². The number of nitrogens with one attached hydrogen (secondary N) is 1. The van der Waals surface area contributed by atoms with Crippen molar-refractivity contribution < 1.29 is 13.6 Å². The van der Waals surface area contributed by atoms with Gasteiger partial charge in [0.05, 0.1) is 23.0 Å². The second kappa shape index (κ2) is 6.88. The van der Waals surface area contributed by atoms with E-state index < -0.39 is 11.2 Å². The number of hydrogen-bond acceptors (Lipinski definition) is 5. The molecule has 0 saturated heterocycles. The minimum atomic E-state index is -0.755. The highest BCUT2D eigenvalue weighted by atomic mass is 19.1. The summed E-state index contributed by atoms with van der Waals surface area (Å²) in [5.74, 6) is -0.371. The van der Waals surface area contributed by atoms with Crippen molar-refractivity contribution in [1.82, 2.24) is 24.7 Å². The van der Waals surface area contributed by atoms with E-state index in [0.29, 0.717) is 33.8 Å². The SMILES string of the molecule is Cc1nc2c(cc1F)c(-c1nc(C)c3c(n1)NC(=O)C3(C)C)nn2Cc1ccccc1F. The first-order valence-electron chi connectivity index (χ1n) is 10.1. The molecule has 32 heavy (non-hydrogen) atoms. The monoisotopic (exact) mass is 434 g/mol. The molecule has 9 heteroatoms. The van der Waals surface area contributed by atoms with Crippen LogP contribution in [0.5, 0.6) is 0 Å². The number of amides is 1. The van der Waals surface area contributed by atoms with Crippen LogP contribution in [0.4, 0.5) is 14.6 Å². The Morgan fingerprint density at radius 2 is 1.78 bits per heavy atom. The first-order valence-corrected chi connectivity index (χ1v) is 10.1. The molecule has 1 aliphatic heterocycles. The van der Waals surface area contributed by atoms with E-state index in [4.69, 9.17) is 0 Å². The van der Waals surface area contributed by atoms with Gasteiger partial charge in [-0.25, -0.2) is 28.4 Å². The first-order chi connectivity index (χ1) is 15.2. The lowest BCUT2D eigenvalue weighted by Crippen LogP contribution is -2.27. The van der Waals surface area contributed by atoms with E-state index >= 15 is 0 Å². The Bertz CT molecular complexity index is 1430. The molecule has 4 aromatic rings. The van der Waals surface area contributed by atoms with Gasteiger partial charge in [0.1, 0.15) is 23.1 Å². The van der Waals surface area contributed by atoms with Gasteiger partial charge in [-0.2, -0.15) is 5.10 Å². The molecular formula is C23H20F2N6O. The Morgan fingerprint density at radius 1 is 1.03 bits per heavy atom. The molecular weight excluding hydrogens is 414 g/mol. The summed E-state index contributed by atoms with van der Waals surface area (Å²) in [6.07, 6.45) is 0. The fourth-order valence-electron chi connectivity index (χ4n) is 4.12. The van der Waals surface area contributed by atoms with Crippen molar-refractivity contribution in [3.8, 4) is 11.5 Å². The molecule has 0 atom stereocenters. The van der Waals surface area contributed by atoms with Gasteiger partial charge in [0.2, 0.25) is 5.91 Å². The molecule has 1 aliphatic rings. The van der Waals surface area contributed by atoms with Gasteiger partial charge in [0.15, 0.2) is 11.5 Å². The lowest BCUT2D eigenvalue weighted by molar-refractivity contribution is -0.119. The fourth-order valence-corrected chi connectivity index (χ4v) is 4.12. The van der Waals surface area contributed by atoms with Crippen LogP contribution in [0.1, 0.15) is 36.4 Å². The summed E-state index contributed by atoms with van der Waals surface area (Å²) in [6.45, 7) is 7.08. The van der Waals surface area contributed by atoms with E-state index in [1.54, 1.807) is 32.0 Å². The number of anilines is 1. The molecule has 0 spiro atoms. The van der Waals surface area contributed by atoms with Crippen LogP contribution in [0.2, 0.25) is 0 Å². The Balaban J connectivity index is 1.71. The molecule has 1 N–H and O–H groups in total. The Morgan fingerprint density at radius 3 is 2.53 bits per heavy atom. The third-order valence-corrected chi connectivity index (χ3v) is 5.86. The quantitative estimate of drug-likeness (QED) is 0.526. The van der Waals surface area contributed by atoms with Crippen LogP contribution in [0.3, 0.4) is 0 Å². The molecule has 0 unspecified atom stereocenters. The summed E-state index contributed by atoms with van der Waals surface area (Å²) in [4.78, 5) is 25.9. The van der Waals surface area contributed by atoms with Gasteiger partial charge in [-0.3, -0.25) is 4.79 Å². The normalized spacial score (nSPS) is 14.6. The van der Waals surface area contributed by atoms with Crippen molar-refractivity contribution in [2.45, 2.75) is 39.7 Å². The minimum absolute atomic E-state index is 0.106. The summed E-state index contributed by atoms with van der Waals surface area (Å²) >= 11 is 0. The standard InChI is InChI=1S/C23H20F2N6O/c1-11-16(25)9-14-18(20-26-12(2)17-19(28-20)29-22(32)23(17,3)4)30-31(21(14)27-11)10-13-7-5-6-8-15(13)24/h5-9H,10H2,1-4H3,(H,26,28,29,32). The van der Waals surface area contributed by atoms with Crippen LogP contribution >= 0.6 is 0 Å². The number of carbonyl (C=O) groups is 1. The average molecular weight is 434 g/mol. The Kier molecular flexibility index (Phi) is 4.34. The van der Waals surface area contributed by atoms with Crippen LogP contribution < -0.4 is 5.32 Å². The highest BCUT2D eigenvalue weighted by Gasteiger charge is 2.41. The van der Waals surface area contributed by atoms with E-state index in [-0.39, 0.29) is 29.8 Å². The molecule has 0 aliphatic carbocycles. The summed E-state index contributed by atoms with van der Waals surface area (Å²) in [5, 5.41) is 7.79. The van der Waals surface area contributed by atoms with E-state index in [0.717, 1.165) is 5.56 Å². The molecule has 162 valence electrons. The number of halogens is 2. The molecule has 0 saturated carbocycles. The van der Waals surface area contributed by atoms with Crippen molar-refractivity contribution in [2.24, 2.45) is 0 Å². The smallest absolute Gasteiger partial charge is 0.235 e. The topological polar surface area (TPSA) is 85.6 Å². The van der Waals surface area contributed by atoms with E-state index in [1.165, 1.54) is 16.8 Å². The fraction of sp³-hybridized carbons (Fsp3) is 0.261. The number of rotatable bonds is 3. The number of benzene rings is 1. The highest BCUT2D eigenvalue weighted by molar-refractivity contribution is 6.05. The summed E-state index contributed by atoms with van der Waals surface area (Å²) in [5.41, 5.74) is 1.94. The molecule has 0 fully saturated rings. The molecule has 7 nitrogen and oxygen atoms in total. The second-order valence-electron chi connectivity index (χ2n) is 8.46. The van der Waals surface area contributed by atoms with Crippen molar-refractivity contribution in [3.63, 3.8) is 0 Å². The molecule has 4 heterocycles. The first kappa shape index (κ1) is 20.2. The van der Waals surface area contributed by atoms with Crippen LogP contribution in [-0.4, -0.2) is 30.6 Å². The molecule has 1 amide bonds. The maximum atomic E-state index is 14.4. The van der Waals surface area contributed by atoms with Crippen molar-refractivity contribution in [1.29, 1.82) is 0 Å². The molecule has 1 aromatic carbocycles. The zero-order valence-corrected chi connectivity index (χ0v) is 18.0. The molecule has 5 rings (SSSR count). The lowest BCUT2D eigenvalue weighted by Gasteiger charge is -2.16. The van der Waals surface area contributed by atoms with Crippen LogP contribution in [0, 0.1) is 25.5 Å². The van der Waals surface area contributed by atoms with E-state index in [2.05, 4.69) is 25.4 Å². The minimum Gasteiger partial charge on any atom is -0.310 e. The number of nitrogens with zero attached hydrogens (tertiary/aromatic N) is 5. The van der Waals surface area contributed by atoms with Crippen molar-refractivity contribution in [3.05, 3.63) is 64.5 Å². The summed E-state index contributed by atoms with van der Waals surface area (Å²) in [6, 6.07) is 7.72. The number of hydrogen-bond donors (Lipinski definition) is 1. The van der Waals surface area contributed by atoms with Gasteiger partial charge >= 0.3 is 0 Å². The lowest BCUT2D eigenvalue weighted by atomic mass is 9.86. The van der Waals surface area contributed by atoms with Gasteiger partial charge in [0, 0.05) is 16.8 Å². The van der Waals surface area contributed by atoms with Gasteiger partial charge < -0.3 is 5.32 Å². The average Bonchev–Trinajstić information content (AvgIpc) is 3.18. The summed E-state index contributed by atoms with van der Waals surface area (Å²) < 4.78 is 30.2. The summed E-state index contributed by atoms with van der Waals surface area (Å²) in [7, 11) is 0. The maximum Gasteiger partial charge on any atom is 0.235 e. The predicted molar refractivity (Wildman–Crippen MR) is 115 cm³/mol. The number of fused-ring (bicyclic) bond motifs is 2. The predicted octanol–water partition coefficient (Wildman–Crippen LogP) is 4.06.